The number of para-hydroxylation sites is 1. The molecule has 3 unspecified atom stereocenters. The van der Waals surface area contributed by atoms with Crippen molar-refractivity contribution in [1.29, 1.82) is 0 Å². The molecule has 42 heavy (non-hydrogen) atoms. The Labute approximate surface area is 249 Å². The van der Waals surface area contributed by atoms with Crippen LogP contribution in [0.2, 0.25) is 0 Å². The van der Waals surface area contributed by atoms with Gasteiger partial charge in [0.15, 0.2) is 0 Å². The third-order valence-corrected chi connectivity index (χ3v) is 10.2. The highest BCUT2D eigenvalue weighted by Gasteiger charge is 2.34. The molecule has 8 rings (SSSR count). The monoisotopic (exact) mass is 543 g/mol. The van der Waals surface area contributed by atoms with Crippen molar-refractivity contribution in [2.24, 2.45) is 0 Å². The lowest BCUT2D eigenvalue weighted by molar-refractivity contribution is 0.616. The van der Waals surface area contributed by atoms with Crippen LogP contribution in [0.3, 0.4) is 0 Å². The summed E-state index contributed by atoms with van der Waals surface area (Å²) in [5.74, 6) is 0.850. The van der Waals surface area contributed by atoms with Crippen LogP contribution in [0.4, 0.5) is 11.4 Å². The zero-order valence-corrected chi connectivity index (χ0v) is 24.8. The SMILES string of the molecule is CC1=Cc2c(-c3cccc4ccccc34)cccc2C1CC1C(C)=Cc2c1cccc2N1c2ccccc2CCC1C. The molecule has 0 radical (unpaired) electrons. The van der Waals surface area contributed by atoms with Crippen LogP contribution in [-0.2, 0) is 6.42 Å². The van der Waals surface area contributed by atoms with Crippen LogP contribution in [0, 0.1) is 0 Å². The lowest BCUT2D eigenvalue weighted by atomic mass is 9.81. The van der Waals surface area contributed by atoms with E-state index in [1.807, 2.05) is 0 Å². The predicted molar refractivity (Wildman–Crippen MR) is 180 cm³/mol. The summed E-state index contributed by atoms with van der Waals surface area (Å²) < 4.78 is 0. The normalized spacial score (nSPS) is 20.6. The van der Waals surface area contributed by atoms with Crippen LogP contribution in [-0.4, -0.2) is 6.04 Å². The molecule has 5 aromatic carbocycles. The molecule has 1 aliphatic heterocycles. The van der Waals surface area contributed by atoms with Gasteiger partial charge in [-0.2, -0.15) is 0 Å². The summed E-state index contributed by atoms with van der Waals surface area (Å²) in [6.07, 6.45) is 8.41. The third kappa shape index (κ3) is 3.91. The Bertz CT molecular complexity index is 1920. The molecule has 5 aromatic rings. The highest BCUT2D eigenvalue weighted by atomic mass is 15.2. The Morgan fingerprint density at radius 1 is 0.619 bits per heavy atom. The standard InChI is InChI=1S/C41H37N/c1-26-23-38-33(32-15-8-13-29-11-4-6-14-31(29)32)16-9-17-34(38)36(26)25-37-27(2)24-39-35(37)18-10-20-41(39)42-28(3)21-22-30-12-5-7-19-40(30)42/h4-20,23-24,28,36-37H,21-22,25H2,1-3H3. The van der Waals surface area contributed by atoms with Gasteiger partial charge in [0.2, 0.25) is 0 Å². The minimum atomic E-state index is 0.424. The lowest BCUT2D eigenvalue weighted by Crippen LogP contribution is -2.33. The summed E-state index contributed by atoms with van der Waals surface area (Å²) in [5.41, 5.74) is 15.7. The molecule has 0 amide bonds. The van der Waals surface area contributed by atoms with E-state index in [0.717, 1.165) is 12.8 Å². The molecule has 1 heterocycles. The van der Waals surface area contributed by atoms with Gasteiger partial charge >= 0.3 is 0 Å². The van der Waals surface area contributed by atoms with Crippen molar-refractivity contribution in [1.82, 2.24) is 0 Å². The topological polar surface area (TPSA) is 3.24 Å². The van der Waals surface area contributed by atoms with E-state index in [1.54, 1.807) is 0 Å². The fraction of sp³-hybridized carbons (Fsp3) is 0.220. The van der Waals surface area contributed by atoms with Crippen molar-refractivity contribution in [3.8, 4) is 11.1 Å². The van der Waals surface area contributed by atoms with Gasteiger partial charge < -0.3 is 4.90 Å². The molecule has 0 saturated heterocycles. The van der Waals surface area contributed by atoms with E-state index in [0.29, 0.717) is 17.9 Å². The van der Waals surface area contributed by atoms with E-state index in [9.17, 15) is 0 Å². The first-order valence-electron chi connectivity index (χ1n) is 15.6. The van der Waals surface area contributed by atoms with Gasteiger partial charge in [0.05, 0.1) is 0 Å². The molecule has 206 valence electrons. The summed E-state index contributed by atoms with van der Waals surface area (Å²) in [6, 6.07) is 38.9. The highest BCUT2D eigenvalue weighted by molar-refractivity contribution is 5.99. The Morgan fingerprint density at radius 2 is 1.24 bits per heavy atom. The highest BCUT2D eigenvalue weighted by Crippen LogP contribution is 2.51. The quantitative estimate of drug-likeness (QED) is 0.218. The third-order valence-electron chi connectivity index (χ3n) is 10.2. The van der Waals surface area contributed by atoms with Crippen molar-refractivity contribution in [3.05, 3.63) is 142 Å². The number of aryl methyl sites for hydroxylation is 1. The predicted octanol–water partition coefficient (Wildman–Crippen LogP) is 11.1. The van der Waals surface area contributed by atoms with Crippen molar-refractivity contribution in [3.63, 3.8) is 0 Å². The summed E-state index contributed by atoms with van der Waals surface area (Å²) >= 11 is 0. The van der Waals surface area contributed by atoms with Crippen LogP contribution in [0.15, 0.2) is 114 Å². The fourth-order valence-electron chi connectivity index (χ4n) is 8.05. The zero-order chi connectivity index (χ0) is 28.4. The fourth-order valence-corrected chi connectivity index (χ4v) is 8.05. The Kier molecular flexibility index (Phi) is 5.96. The van der Waals surface area contributed by atoms with Crippen LogP contribution >= 0.6 is 0 Å². The van der Waals surface area contributed by atoms with E-state index >= 15 is 0 Å². The average molecular weight is 544 g/mol. The zero-order valence-electron chi connectivity index (χ0n) is 24.8. The maximum absolute atomic E-state index is 2.61. The smallest absolute Gasteiger partial charge is 0.0489 e. The largest absolute Gasteiger partial charge is 0.338 e. The second-order valence-electron chi connectivity index (χ2n) is 12.6. The summed E-state index contributed by atoms with van der Waals surface area (Å²) in [5, 5.41) is 2.63. The maximum atomic E-state index is 2.61. The van der Waals surface area contributed by atoms with Crippen LogP contribution in [0.5, 0.6) is 0 Å². The average Bonchev–Trinajstić information content (AvgIpc) is 3.52. The van der Waals surface area contributed by atoms with E-state index in [-0.39, 0.29) is 0 Å². The minimum absolute atomic E-state index is 0.424. The van der Waals surface area contributed by atoms with E-state index in [4.69, 9.17) is 0 Å². The van der Waals surface area contributed by atoms with Crippen molar-refractivity contribution in [2.75, 3.05) is 4.90 Å². The minimum Gasteiger partial charge on any atom is -0.338 e. The summed E-state index contributed by atoms with van der Waals surface area (Å²) in [4.78, 5) is 2.61. The van der Waals surface area contributed by atoms with Gasteiger partial charge in [-0.1, -0.05) is 114 Å². The molecule has 0 aromatic heterocycles. The molecule has 0 saturated carbocycles. The molecule has 0 fully saturated rings. The number of hydrogen-bond acceptors (Lipinski definition) is 1. The first kappa shape index (κ1) is 25.4. The second kappa shape index (κ2) is 9.88. The Balaban J connectivity index is 1.17. The van der Waals surface area contributed by atoms with Crippen molar-refractivity contribution < 1.29 is 0 Å². The van der Waals surface area contributed by atoms with Crippen molar-refractivity contribution >= 4 is 34.3 Å². The molecule has 2 aliphatic carbocycles. The number of benzene rings is 5. The van der Waals surface area contributed by atoms with Gasteiger partial charge in [-0.3, -0.25) is 0 Å². The first-order chi connectivity index (χ1) is 20.6. The van der Waals surface area contributed by atoms with Gasteiger partial charge in [-0.25, -0.2) is 0 Å². The Morgan fingerprint density at radius 3 is 2.10 bits per heavy atom. The number of hydrogen-bond donors (Lipinski definition) is 0. The molecule has 3 aliphatic rings. The lowest BCUT2D eigenvalue weighted by Gasteiger charge is -2.38. The molecular formula is C41H37N. The number of fused-ring (bicyclic) bond motifs is 4. The summed E-state index contributed by atoms with van der Waals surface area (Å²) in [7, 11) is 0. The first-order valence-corrected chi connectivity index (χ1v) is 15.6. The molecule has 0 bridgehead atoms. The number of nitrogens with zero attached hydrogens (tertiary/aromatic N) is 1. The van der Waals surface area contributed by atoms with Gasteiger partial charge in [-0.15, -0.1) is 0 Å². The van der Waals surface area contributed by atoms with E-state index < -0.39 is 0 Å². The molecule has 0 spiro atoms. The van der Waals surface area contributed by atoms with Gasteiger partial charge in [-0.05, 0) is 96.3 Å². The second-order valence-corrected chi connectivity index (χ2v) is 12.6. The summed E-state index contributed by atoms with van der Waals surface area (Å²) in [6.45, 7) is 7.08. The maximum Gasteiger partial charge on any atom is 0.0489 e. The van der Waals surface area contributed by atoms with Crippen LogP contribution < -0.4 is 4.90 Å². The molecule has 1 heteroatoms. The van der Waals surface area contributed by atoms with Gasteiger partial charge in [0.25, 0.3) is 0 Å². The molecule has 0 N–H and O–H groups in total. The molecule has 1 nitrogen and oxygen atoms in total. The van der Waals surface area contributed by atoms with E-state index in [1.165, 1.54) is 78.7 Å². The van der Waals surface area contributed by atoms with Crippen molar-refractivity contribution in [2.45, 2.75) is 57.9 Å². The molecule has 3 atom stereocenters. The van der Waals surface area contributed by atoms with Crippen LogP contribution in [0.25, 0.3) is 34.1 Å². The Hall–Kier alpha value is -4.36. The van der Waals surface area contributed by atoms with Crippen LogP contribution in [0.1, 0.15) is 73.3 Å². The number of allylic oxidation sites excluding steroid dienone is 2. The van der Waals surface area contributed by atoms with Gasteiger partial charge in [0.1, 0.15) is 0 Å². The molecular weight excluding hydrogens is 506 g/mol. The van der Waals surface area contributed by atoms with Gasteiger partial charge in [0, 0.05) is 34.8 Å². The number of rotatable bonds is 4. The van der Waals surface area contributed by atoms with E-state index in [2.05, 4.69) is 141 Å². The number of anilines is 2.